The number of hydrogen-bond acceptors (Lipinski definition) is 3. The maximum Gasteiger partial charge on any atom is 0.124 e. The number of furan rings is 1. The van der Waals surface area contributed by atoms with Crippen LogP contribution in [0.3, 0.4) is 0 Å². The monoisotopic (exact) mass is 327 g/mol. The van der Waals surface area contributed by atoms with Gasteiger partial charge in [0.1, 0.15) is 18.1 Å². The quantitative estimate of drug-likeness (QED) is 0.676. The molecule has 0 unspecified atom stereocenters. The highest BCUT2D eigenvalue weighted by molar-refractivity contribution is 6.30. The van der Waals surface area contributed by atoms with Crippen LogP contribution in [0.2, 0.25) is 5.02 Å². The second-order valence-electron chi connectivity index (χ2n) is 5.21. The first kappa shape index (κ1) is 15.7. The van der Waals surface area contributed by atoms with Crippen molar-refractivity contribution in [3.63, 3.8) is 0 Å². The van der Waals surface area contributed by atoms with E-state index in [0.29, 0.717) is 13.2 Å². The van der Waals surface area contributed by atoms with E-state index < -0.39 is 0 Å². The predicted octanol–water partition coefficient (Wildman–Crippen LogP) is 4.80. The van der Waals surface area contributed by atoms with E-state index in [0.717, 1.165) is 34.2 Å². The predicted molar refractivity (Wildman–Crippen MR) is 91.5 cm³/mol. The zero-order valence-corrected chi connectivity index (χ0v) is 13.4. The van der Waals surface area contributed by atoms with Crippen LogP contribution in [0.25, 0.3) is 0 Å². The molecule has 0 spiro atoms. The Morgan fingerprint density at radius 2 is 1.74 bits per heavy atom. The van der Waals surface area contributed by atoms with E-state index in [2.05, 4.69) is 11.4 Å². The average molecular weight is 328 g/mol. The highest BCUT2D eigenvalue weighted by atomic mass is 35.5. The van der Waals surface area contributed by atoms with Gasteiger partial charge in [-0.05, 0) is 35.9 Å². The van der Waals surface area contributed by atoms with Crippen LogP contribution in [0.1, 0.15) is 16.9 Å². The fraction of sp³-hybridized carbons (Fsp3) is 0.158. The number of ether oxygens (including phenoxy) is 1. The fourth-order valence-corrected chi connectivity index (χ4v) is 2.39. The molecule has 0 aliphatic rings. The lowest BCUT2D eigenvalue weighted by Crippen LogP contribution is -2.13. The topological polar surface area (TPSA) is 34.4 Å². The molecule has 1 heterocycles. The molecule has 4 heteroatoms. The Morgan fingerprint density at radius 1 is 0.913 bits per heavy atom. The van der Waals surface area contributed by atoms with Gasteiger partial charge in [-0.3, -0.25) is 0 Å². The summed E-state index contributed by atoms with van der Waals surface area (Å²) in [4.78, 5) is 0. The zero-order chi connectivity index (χ0) is 15.9. The largest absolute Gasteiger partial charge is 0.489 e. The van der Waals surface area contributed by atoms with E-state index in [4.69, 9.17) is 20.8 Å². The van der Waals surface area contributed by atoms with E-state index in [-0.39, 0.29) is 0 Å². The Hall–Kier alpha value is -2.23. The minimum absolute atomic E-state index is 0.520. The second-order valence-corrected chi connectivity index (χ2v) is 5.64. The second kappa shape index (κ2) is 7.86. The van der Waals surface area contributed by atoms with Crippen molar-refractivity contribution in [1.82, 2.24) is 5.32 Å². The van der Waals surface area contributed by atoms with Crippen molar-refractivity contribution >= 4 is 11.6 Å². The average Bonchev–Trinajstić information content (AvgIpc) is 3.09. The molecule has 0 radical (unpaired) electrons. The number of nitrogens with one attached hydrogen (secondary N) is 1. The Labute approximate surface area is 140 Å². The molecule has 118 valence electrons. The van der Waals surface area contributed by atoms with E-state index in [1.807, 2.05) is 54.6 Å². The van der Waals surface area contributed by atoms with Gasteiger partial charge in [0.05, 0.1) is 12.8 Å². The molecule has 3 nitrogen and oxygen atoms in total. The molecule has 0 bridgehead atoms. The molecule has 0 atom stereocenters. The number of hydrogen-bond donors (Lipinski definition) is 1. The Kier molecular flexibility index (Phi) is 5.35. The summed E-state index contributed by atoms with van der Waals surface area (Å²) in [6.45, 7) is 1.93. The highest BCUT2D eigenvalue weighted by Crippen LogP contribution is 2.20. The molecule has 2 aromatic carbocycles. The maximum absolute atomic E-state index is 5.94. The normalized spacial score (nSPS) is 10.7. The van der Waals surface area contributed by atoms with Crippen LogP contribution in [-0.4, -0.2) is 0 Å². The van der Waals surface area contributed by atoms with Gasteiger partial charge in [-0.1, -0.05) is 41.9 Å². The lowest BCUT2D eigenvalue weighted by molar-refractivity contribution is 0.302. The van der Waals surface area contributed by atoms with Gasteiger partial charge in [0, 0.05) is 17.1 Å². The first-order valence-electron chi connectivity index (χ1n) is 7.49. The standard InChI is InChI=1S/C19H18ClNO2/c20-17-9-7-15(8-10-17)14-23-19-6-2-1-4-16(19)12-21-13-18-5-3-11-22-18/h1-11,21H,12-14H2. The minimum Gasteiger partial charge on any atom is -0.489 e. The van der Waals surface area contributed by atoms with Gasteiger partial charge in [-0.25, -0.2) is 0 Å². The maximum atomic E-state index is 5.94. The molecule has 0 fully saturated rings. The van der Waals surface area contributed by atoms with Crippen molar-refractivity contribution in [2.45, 2.75) is 19.7 Å². The first-order valence-corrected chi connectivity index (χ1v) is 7.87. The van der Waals surface area contributed by atoms with Gasteiger partial charge in [0.25, 0.3) is 0 Å². The molecular formula is C19H18ClNO2. The third-order valence-electron chi connectivity index (χ3n) is 3.47. The third-order valence-corrected chi connectivity index (χ3v) is 3.73. The van der Waals surface area contributed by atoms with E-state index >= 15 is 0 Å². The summed E-state index contributed by atoms with van der Waals surface area (Å²) < 4.78 is 11.3. The van der Waals surface area contributed by atoms with E-state index in [1.165, 1.54) is 0 Å². The number of benzene rings is 2. The summed E-state index contributed by atoms with van der Waals surface area (Å²) in [5.74, 6) is 1.80. The molecule has 0 amide bonds. The smallest absolute Gasteiger partial charge is 0.124 e. The van der Waals surface area contributed by atoms with Crippen LogP contribution in [0.15, 0.2) is 71.3 Å². The van der Waals surface area contributed by atoms with Gasteiger partial charge < -0.3 is 14.5 Å². The number of rotatable bonds is 7. The number of para-hydroxylation sites is 1. The van der Waals surface area contributed by atoms with Crippen molar-refractivity contribution in [2.24, 2.45) is 0 Å². The molecule has 0 aliphatic heterocycles. The molecule has 1 N–H and O–H groups in total. The summed E-state index contributed by atoms with van der Waals surface area (Å²) in [6, 6.07) is 19.6. The Balaban J connectivity index is 1.57. The number of halogens is 1. The fourth-order valence-electron chi connectivity index (χ4n) is 2.27. The minimum atomic E-state index is 0.520. The molecular weight excluding hydrogens is 310 g/mol. The summed E-state index contributed by atoms with van der Waals surface area (Å²) in [5, 5.41) is 4.09. The lowest BCUT2D eigenvalue weighted by atomic mass is 10.2. The highest BCUT2D eigenvalue weighted by Gasteiger charge is 2.04. The van der Waals surface area contributed by atoms with Crippen LogP contribution in [0.5, 0.6) is 5.75 Å². The third kappa shape index (κ3) is 4.62. The van der Waals surface area contributed by atoms with Gasteiger partial charge in [-0.15, -0.1) is 0 Å². The molecule has 23 heavy (non-hydrogen) atoms. The summed E-state index contributed by atoms with van der Waals surface area (Å²) in [6.07, 6.45) is 1.68. The van der Waals surface area contributed by atoms with Gasteiger partial charge in [-0.2, -0.15) is 0 Å². The van der Waals surface area contributed by atoms with Crippen LogP contribution >= 0.6 is 11.6 Å². The van der Waals surface area contributed by atoms with Crippen molar-refractivity contribution in [3.8, 4) is 5.75 Å². The SMILES string of the molecule is Clc1ccc(COc2ccccc2CNCc2ccco2)cc1. The molecule has 0 saturated heterocycles. The van der Waals surface area contributed by atoms with E-state index in [9.17, 15) is 0 Å². The Morgan fingerprint density at radius 3 is 2.52 bits per heavy atom. The van der Waals surface area contributed by atoms with Crippen LogP contribution < -0.4 is 10.1 Å². The van der Waals surface area contributed by atoms with Crippen LogP contribution in [0.4, 0.5) is 0 Å². The van der Waals surface area contributed by atoms with Crippen LogP contribution in [-0.2, 0) is 19.7 Å². The summed E-state index contributed by atoms with van der Waals surface area (Å²) in [7, 11) is 0. The van der Waals surface area contributed by atoms with Gasteiger partial charge in [0.15, 0.2) is 0 Å². The van der Waals surface area contributed by atoms with Crippen molar-refractivity contribution in [1.29, 1.82) is 0 Å². The van der Waals surface area contributed by atoms with Crippen molar-refractivity contribution in [3.05, 3.63) is 88.8 Å². The van der Waals surface area contributed by atoms with Gasteiger partial charge in [0.2, 0.25) is 0 Å². The van der Waals surface area contributed by atoms with E-state index in [1.54, 1.807) is 6.26 Å². The zero-order valence-electron chi connectivity index (χ0n) is 12.7. The molecule has 1 aromatic heterocycles. The molecule has 0 saturated carbocycles. The lowest BCUT2D eigenvalue weighted by Gasteiger charge is -2.12. The Bertz CT molecular complexity index is 723. The molecule has 3 rings (SSSR count). The van der Waals surface area contributed by atoms with Gasteiger partial charge >= 0.3 is 0 Å². The van der Waals surface area contributed by atoms with Crippen LogP contribution in [0, 0.1) is 0 Å². The summed E-state index contributed by atoms with van der Waals surface area (Å²) in [5.41, 5.74) is 2.21. The molecule has 0 aliphatic carbocycles. The van der Waals surface area contributed by atoms with Crippen molar-refractivity contribution in [2.75, 3.05) is 0 Å². The van der Waals surface area contributed by atoms with Crippen molar-refractivity contribution < 1.29 is 9.15 Å². The first-order chi connectivity index (χ1) is 11.3. The summed E-state index contributed by atoms with van der Waals surface area (Å²) >= 11 is 5.90. The molecule has 3 aromatic rings.